The molecule has 1 fully saturated rings. The zero-order valence-electron chi connectivity index (χ0n) is 13.0. The van der Waals surface area contributed by atoms with Crippen LogP contribution in [0.2, 0.25) is 0 Å². The summed E-state index contributed by atoms with van der Waals surface area (Å²) in [5, 5.41) is 8.91. The maximum absolute atomic E-state index is 12.6. The Bertz CT molecular complexity index is 678. The fraction of sp³-hybridized carbons (Fsp3) is 0.533. The van der Waals surface area contributed by atoms with Crippen LogP contribution in [0.1, 0.15) is 23.2 Å². The standard InChI is InChI=1S/C15H20F2N2O4S/c16-14(17)10-19(6-7-20)15(21)12-2-1-3-13(8-12)24(22,23)18-9-11-4-5-11/h1-3,8,11,14,18,20H,4-7,9-10H2. The summed E-state index contributed by atoms with van der Waals surface area (Å²) >= 11 is 0. The Hall–Kier alpha value is -1.58. The molecule has 0 bridgehead atoms. The topological polar surface area (TPSA) is 86.7 Å². The summed E-state index contributed by atoms with van der Waals surface area (Å²) in [6.45, 7) is -1.18. The summed E-state index contributed by atoms with van der Waals surface area (Å²) < 4.78 is 52.0. The number of nitrogens with zero attached hydrogens (tertiary/aromatic N) is 1. The minimum atomic E-state index is -3.75. The molecule has 1 aromatic rings. The third-order valence-electron chi connectivity index (χ3n) is 3.67. The molecule has 0 unspecified atom stereocenters. The van der Waals surface area contributed by atoms with E-state index in [-0.39, 0.29) is 17.0 Å². The highest BCUT2D eigenvalue weighted by atomic mass is 32.2. The monoisotopic (exact) mass is 362 g/mol. The van der Waals surface area contributed by atoms with Crippen LogP contribution in [0, 0.1) is 5.92 Å². The zero-order valence-corrected chi connectivity index (χ0v) is 13.8. The van der Waals surface area contributed by atoms with Gasteiger partial charge in [0.2, 0.25) is 10.0 Å². The molecule has 24 heavy (non-hydrogen) atoms. The van der Waals surface area contributed by atoms with Crippen LogP contribution in [0.4, 0.5) is 8.78 Å². The van der Waals surface area contributed by atoms with Crippen LogP contribution in [0.3, 0.4) is 0 Å². The number of rotatable bonds is 9. The summed E-state index contributed by atoms with van der Waals surface area (Å²) in [6.07, 6.45) is -0.761. The summed E-state index contributed by atoms with van der Waals surface area (Å²) in [4.78, 5) is 13.0. The summed E-state index contributed by atoms with van der Waals surface area (Å²) in [5.41, 5.74) is -0.0154. The first kappa shape index (κ1) is 18.8. The van der Waals surface area contributed by atoms with Crippen molar-refractivity contribution in [3.63, 3.8) is 0 Å². The number of carbonyl (C=O) groups excluding carboxylic acids is 1. The first-order chi connectivity index (χ1) is 11.3. The van der Waals surface area contributed by atoms with E-state index < -0.39 is 35.5 Å². The second-order valence-corrected chi connectivity index (χ2v) is 7.46. The molecule has 134 valence electrons. The average Bonchev–Trinajstić information content (AvgIpc) is 3.36. The molecule has 0 saturated heterocycles. The molecule has 0 aromatic heterocycles. The van der Waals surface area contributed by atoms with Gasteiger partial charge in [0, 0.05) is 18.7 Å². The van der Waals surface area contributed by atoms with E-state index in [0.29, 0.717) is 12.5 Å². The van der Waals surface area contributed by atoms with Gasteiger partial charge < -0.3 is 10.0 Å². The van der Waals surface area contributed by atoms with Gasteiger partial charge in [0.1, 0.15) is 0 Å². The van der Waals surface area contributed by atoms with Crippen LogP contribution in [0.25, 0.3) is 0 Å². The maximum atomic E-state index is 12.6. The molecule has 1 aliphatic rings. The van der Waals surface area contributed by atoms with Crippen molar-refractivity contribution in [2.24, 2.45) is 5.92 Å². The number of hydrogen-bond acceptors (Lipinski definition) is 4. The molecule has 9 heteroatoms. The number of nitrogens with one attached hydrogen (secondary N) is 1. The molecule has 0 radical (unpaired) electrons. The number of carbonyl (C=O) groups is 1. The van der Waals surface area contributed by atoms with Crippen molar-refractivity contribution in [2.45, 2.75) is 24.2 Å². The normalized spacial score (nSPS) is 14.8. The Morgan fingerprint density at radius 2 is 2.08 bits per heavy atom. The average molecular weight is 362 g/mol. The Kier molecular flexibility index (Phi) is 6.25. The zero-order chi connectivity index (χ0) is 17.7. The predicted molar refractivity (Wildman–Crippen MR) is 83.3 cm³/mol. The van der Waals surface area contributed by atoms with E-state index in [4.69, 9.17) is 5.11 Å². The number of aliphatic hydroxyl groups is 1. The van der Waals surface area contributed by atoms with Gasteiger partial charge in [-0.05, 0) is 37.0 Å². The molecule has 1 aromatic carbocycles. The molecular weight excluding hydrogens is 342 g/mol. The van der Waals surface area contributed by atoms with Crippen LogP contribution >= 0.6 is 0 Å². The minimum Gasteiger partial charge on any atom is -0.395 e. The predicted octanol–water partition coefficient (Wildman–Crippen LogP) is 1.07. The molecule has 1 saturated carbocycles. The highest BCUT2D eigenvalue weighted by Crippen LogP contribution is 2.28. The molecule has 2 N–H and O–H groups in total. The van der Waals surface area contributed by atoms with Crippen LogP contribution in [0.15, 0.2) is 29.2 Å². The SMILES string of the molecule is O=C(c1cccc(S(=O)(=O)NCC2CC2)c1)N(CCO)CC(F)F. The van der Waals surface area contributed by atoms with Gasteiger partial charge in [0.05, 0.1) is 18.0 Å². The highest BCUT2D eigenvalue weighted by Gasteiger charge is 2.25. The molecule has 0 spiro atoms. The van der Waals surface area contributed by atoms with E-state index in [1.165, 1.54) is 18.2 Å². The van der Waals surface area contributed by atoms with E-state index in [1.54, 1.807) is 0 Å². The molecular formula is C15H20F2N2O4S. The highest BCUT2D eigenvalue weighted by molar-refractivity contribution is 7.89. The summed E-state index contributed by atoms with van der Waals surface area (Å²) in [7, 11) is -3.75. The van der Waals surface area contributed by atoms with Gasteiger partial charge in [-0.25, -0.2) is 21.9 Å². The summed E-state index contributed by atoms with van der Waals surface area (Å²) in [5.74, 6) is -0.390. The van der Waals surface area contributed by atoms with Crippen LogP contribution in [0.5, 0.6) is 0 Å². The minimum absolute atomic E-state index is 0.0154. The van der Waals surface area contributed by atoms with Crippen molar-refractivity contribution >= 4 is 15.9 Å². The smallest absolute Gasteiger partial charge is 0.255 e. The molecule has 1 aliphatic carbocycles. The molecule has 1 amide bonds. The van der Waals surface area contributed by atoms with Gasteiger partial charge in [0.15, 0.2) is 0 Å². The summed E-state index contributed by atoms with van der Waals surface area (Å²) in [6, 6.07) is 5.25. The van der Waals surface area contributed by atoms with Gasteiger partial charge in [-0.15, -0.1) is 0 Å². The number of hydrogen-bond donors (Lipinski definition) is 2. The lowest BCUT2D eigenvalue weighted by Gasteiger charge is -2.21. The fourth-order valence-electron chi connectivity index (χ4n) is 2.17. The lowest BCUT2D eigenvalue weighted by atomic mass is 10.2. The Labute approximate surface area is 139 Å². The van der Waals surface area contributed by atoms with E-state index in [2.05, 4.69) is 4.72 Å². The Balaban J connectivity index is 2.16. The van der Waals surface area contributed by atoms with Crippen molar-refractivity contribution < 1.29 is 27.1 Å². The number of amides is 1. The van der Waals surface area contributed by atoms with Crippen molar-refractivity contribution in [2.75, 3.05) is 26.2 Å². The number of benzene rings is 1. The molecule has 6 nitrogen and oxygen atoms in total. The first-order valence-corrected chi connectivity index (χ1v) is 9.10. The van der Waals surface area contributed by atoms with E-state index in [9.17, 15) is 22.0 Å². The lowest BCUT2D eigenvalue weighted by molar-refractivity contribution is 0.0509. The van der Waals surface area contributed by atoms with Gasteiger partial charge in [-0.3, -0.25) is 4.79 Å². The quantitative estimate of drug-likeness (QED) is 0.688. The number of alkyl halides is 2. The molecule has 0 heterocycles. The van der Waals surface area contributed by atoms with Gasteiger partial charge in [-0.2, -0.15) is 0 Å². The van der Waals surface area contributed by atoms with Gasteiger partial charge in [0.25, 0.3) is 12.3 Å². The first-order valence-electron chi connectivity index (χ1n) is 7.61. The largest absolute Gasteiger partial charge is 0.395 e. The van der Waals surface area contributed by atoms with Crippen molar-refractivity contribution in [3.05, 3.63) is 29.8 Å². The third-order valence-corrected chi connectivity index (χ3v) is 5.09. The number of aliphatic hydroxyl groups excluding tert-OH is 1. The maximum Gasteiger partial charge on any atom is 0.255 e. The molecule has 2 rings (SSSR count). The van der Waals surface area contributed by atoms with Crippen molar-refractivity contribution in [1.29, 1.82) is 0 Å². The van der Waals surface area contributed by atoms with E-state index >= 15 is 0 Å². The molecule has 0 aliphatic heterocycles. The van der Waals surface area contributed by atoms with Gasteiger partial charge in [-0.1, -0.05) is 6.07 Å². The second kappa shape index (κ2) is 8.00. The van der Waals surface area contributed by atoms with Gasteiger partial charge >= 0.3 is 0 Å². The number of sulfonamides is 1. The van der Waals surface area contributed by atoms with E-state index in [0.717, 1.165) is 23.8 Å². The lowest BCUT2D eigenvalue weighted by Crippen LogP contribution is -2.37. The third kappa shape index (κ3) is 5.22. The Morgan fingerprint density at radius 3 is 2.67 bits per heavy atom. The fourth-order valence-corrected chi connectivity index (χ4v) is 3.34. The van der Waals surface area contributed by atoms with Crippen molar-refractivity contribution in [3.8, 4) is 0 Å². The number of halogens is 2. The van der Waals surface area contributed by atoms with Crippen molar-refractivity contribution in [1.82, 2.24) is 9.62 Å². The molecule has 0 atom stereocenters. The second-order valence-electron chi connectivity index (χ2n) is 5.69. The van der Waals surface area contributed by atoms with E-state index in [1.807, 2.05) is 0 Å². The Morgan fingerprint density at radius 1 is 1.38 bits per heavy atom. The van der Waals surface area contributed by atoms with Crippen LogP contribution in [-0.2, 0) is 10.0 Å². The van der Waals surface area contributed by atoms with Crippen LogP contribution in [-0.4, -0.2) is 57.0 Å². The van der Waals surface area contributed by atoms with Crippen LogP contribution < -0.4 is 4.72 Å².